The molecule has 0 heterocycles. The van der Waals surface area contributed by atoms with E-state index in [4.69, 9.17) is 0 Å². The first-order chi connectivity index (χ1) is 7.51. The highest BCUT2D eigenvalue weighted by Crippen LogP contribution is 2.14. The first kappa shape index (κ1) is 16.3. The molecule has 0 N–H and O–H groups in total. The van der Waals surface area contributed by atoms with Crippen molar-refractivity contribution in [3.8, 4) is 0 Å². The van der Waals surface area contributed by atoms with Crippen molar-refractivity contribution in [1.82, 2.24) is 9.80 Å². The van der Waals surface area contributed by atoms with Crippen molar-refractivity contribution in [3.05, 3.63) is 0 Å². The quantitative estimate of drug-likeness (QED) is 0.624. The van der Waals surface area contributed by atoms with E-state index in [2.05, 4.69) is 57.3 Å². The molecule has 0 saturated carbocycles. The lowest BCUT2D eigenvalue weighted by Crippen LogP contribution is -2.37. The summed E-state index contributed by atoms with van der Waals surface area (Å²) in [5, 5.41) is 0. The highest BCUT2D eigenvalue weighted by Gasteiger charge is 2.15. The predicted octanol–water partition coefficient (Wildman–Crippen LogP) is 2.46. The fraction of sp³-hybridized carbons (Fsp3) is 1.00. The summed E-state index contributed by atoms with van der Waals surface area (Å²) in [5.41, 5.74) is 0. The molecule has 1 atom stereocenters. The Hall–Kier alpha value is 0.270. The van der Waals surface area contributed by atoms with Crippen LogP contribution in [-0.2, 0) is 0 Å². The number of rotatable bonds is 9. The zero-order valence-corrected chi connectivity index (χ0v) is 12.6. The van der Waals surface area contributed by atoms with E-state index in [0.717, 1.165) is 24.1 Å². The minimum atomic E-state index is 0.719. The second-order valence-electron chi connectivity index (χ2n) is 5.29. The standard InChI is InChI=1S/C13H30N2S/c1-6-7-15(9-8-14(4)5)10-13(11-16)12(2)3/h12-13,16H,6-11H2,1-5H3. The Morgan fingerprint density at radius 1 is 1.06 bits per heavy atom. The second kappa shape index (κ2) is 9.32. The minimum Gasteiger partial charge on any atom is -0.308 e. The molecule has 0 radical (unpaired) electrons. The van der Waals surface area contributed by atoms with Gasteiger partial charge >= 0.3 is 0 Å². The maximum atomic E-state index is 4.47. The summed E-state index contributed by atoms with van der Waals surface area (Å²) < 4.78 is 0. The fourth-order valence-electron chi connectivity index (χ4n) is 1.76. The fourth-order valence-corrected chi connectivity index (χ4v) is 2.30. The summed E-state index contributed by atoms with van der Waals surface area (Å²) >= 11 is 4.47. The van der Waals surface area contributed by atoms with Gasteiger partial charge in [-0.2, -0.15) is 12.6 Å². The molecule has 0 aromatic heterocycles. The van der Waals surface area contributed by atoms with Gasteiger partial charge in [-0.15, -0.1) is 0 Å². The molecule has 0 amide bonds. The molecule has 0 aliphatic carbocycles. The summed E-state index contributed by atoms with van der Waals surface area (Å²) in [5.74, 6) is 2.45. The van der Waals surface area contributed by atoms with E-state index in [1.165, 1.54) is 26.1 Å². The summed E-state index contributed by atoms with van der Waals surface area (Å²) in [7, 11) is 4.28. The maximum absolute atomic E-state index is 4.47. The molecule has 1 unspecified atom stereocenters. The van der Waals surface area contributed by atoms with Gasteiger partial charge in [-0.1, -0.05) is 20.8 Å². The van der Waals surface area contributed by atoms with Crippen LogP contribution in [0.1, 0.15) is 27.2 Å². The van der Waals surface area contributed by atoms with Crippen molar-refractivity contribution >= 4 is 12.6 Å². The van der Waals surface area contributed by atoms with Crippen LogP contribution in [0.25, 0.3) is 0 Å². The van der Waals surface area contributed by atoms with Crippen molar-refractivity contribution in [2.75, 3.05) is 46.0 Å². The van der Waals surface area contributed by atoms with Gasteiger partial charge in [0.1, 0.15) is 0 Å². The Balaban J connectivity index is 4.08. The van der Waals surface area contributed by atoms with Gasteiger partial charge in [0.15, 0.2) is 0 Å². The number of hydrogen-bond acceptors (Lipinski definition) is 3. The van der Waals surface area contributed by atoms with Crippen LogP contribution < -0.4 is 0 Å². The average molecular weight is 246 g/mol. The van der Waals surface area contributed by atoms with Crippen molar-refractivity contribution < 1.29 is 0 Å². The number of thiol groups is 1. The van der Waals surface area contributed by atoms with Crippen LogP contribution in [0.15, 0.2) is 0 Å². The highest BCUT2D eigenvalue weighted by atomic mass is 32.1. The van der Waals surface area contributed by atoms with Gasteiger partial charge in [-0.25, -0.2) is 0 Å². The summed E-state index contributed by atoms with van der Waals surface area (Å²) in [6.07, 6.45) is 1.24. The Bertz CT molecular complexity index is 160. The molecule has 0 aromatic rings. The molecule has 98 valence electrons. The summed E-state index contributed by atoms with van der Waals surface area (Å²) in [4.78, 5) is 4.84. The molecule has 0 saturated heterocycles. The van der Waals surface area contributed by atoms with Gasteiger partial charge in [0.25, 0.3) is 0 Å². The third-order valence-electron chi connectivity index (χ3n) is 3.07. The molecule has 0 spiro atoms. The molecule has 0 rings (SSSR count). The first-order valence-electron chi connectivity index (χ1n) is 6.49. The number of nitrogens with zero attached hydrogens (tertiary/aromatic N) is 2. The molecule has 0 fully saturated rings. The van der Waals surface area contributed by atoms with E-state index >= 15 is 0 Å². The lowest BCUT2D eigenvalue weighted by molar-refractivity contribution is 0.196. The monoisotopic (exact) mass is 246 g/mol. The SMILES string of the molecule is CCCN(CCN(C)C)CC(CS)C(C)C. The minimum absolute atomic E-state index is 0.719. The molecule has 2 nitrogen and oxygen atoms in total. The van der Waals surface area contributed by atoms with E-state index in [0.29, 0.717) is 0 Å². The van der Waals surface area contributed by atoms with Crippen molar-refractivity contribution in [3.63, 3.8) is 0 Å². The predicted molar refractivity (Wildman–Crippen MR) is 77.5 cm³/mol. The molecule has 3 heteroatoms. The first-order valence-corrected chi connectivity index (χ1v) is 7.12. The van der Waals surface area contributed by atoms with Crippen LogP contribution in [0.3, 0.4) is 0 Å². The van der Waals surface area contributed by atoms with E-state index in [-0.39, 0.29) is 0 Å². The largest absolute Gasteiger partial charge is 0.308 e. The molecule has 0 aliphatic rings. The van der Waals surface area contributed by atoms with Gasteiger partial charge in [0, 0.05) is 19.6 Å². The van der Waals surface area contributed by atoms with Crippen LogP contribution in [0.4, 0.5) is 0 Å². The van der Waals surface area contributed by atoms with Crippen LogP contribution in [-0.4, -0.2) is 55.8 Å². The van der Waals surface area contributed by atoms with Crippen molar-refractivity contribution in [2.45, 2.75) is 27.2 Å². The maximum Gasteiger partial charge on any atom is 0.0109 e. The van der Waals surface area contributed by atoms with Gasteiger partial charge in [-0.05, 0) is 44.6 Å². The molecular formula is C13H30N2S. The van der Waals surface area contributed by atoms with Gasteiger partial charge in [0.2, 0.25) is 0 Å². The third kappa shape index (κ3) is 7.53. The van der Waals surface area contributed by atoms with E-state index in [1.807, 2.05) is 0 Å². The third-order valence-corrected chi connectivity index (χ3v) is 3.54. The lowest BCUT2D eigenvalue weighted by atomic mass is 9.97. The highest BCUT2D eigenvalue weighted by molar-refractivity contribution is 7.80. The van der Waals surface area contributed by atoms with Crippen LogP contribution in [0.2, 0.25) is 0 Å². The van der Waals surface area contributed by atoms with Gasteiger partial charge in [-0.3, -0.25) is 0 Å². The van der Waals surface area contributed by atoms with Gasteiger partial charge in [0.05, 0.1) is 0 Å². The van der Waals surface area contributed by atoms with Crippen molar-refractivity contribution in [2.24, 2.45) is 11.8 Å². The zero-order valence-electron chi connectivity index (χ0n) is 11.7. The molecule has 0 bridgehead atoms. The Morgan fingerprint density at radius 3 is 2.06 bits per heavy atom. The Labute approximate surface area is 108 Å². The molecule has 0 aliphatic heterocycles. The van der Waals surface area contributed by atoms with Crippen LogP contribution in [0.5, 0.6) is 0 Å². The molecule has 0 aromatic carbocycles. The van der Waals surface area contributed by atoms with Crippen molar-refractivity contribution in [1.29, 1.82) is 0 Å². The lowest BCUT2D eigenvalue weighted by Gasteiger charge is -2.29. The number of hydrogen-bond donors (Lipinski definition) is 1. The normalized spacial score (nSPS) is 14.1. The van der Waals surface area contributed by atoms with Crippen LogP contribution in [0, 0.1) is 11.8 Å². The summed E-state index contributed by atoms with van der Waals surface area (Å²) in [6.45, 7) is 11.6. The smallest absolute Gasteiger partial charge is 0.0109 e. The Kier molecular flexibility index (Phi) is 9.47. The van der Waals surface area contributed by atoms with E-state index in [1.54, 1.807) is 0 Å². The Morgan fingerprint density at radius 2 is 1.69 bits per heavy atom. The second-order valence-corrected chi connectivity index (χ2v) is 5.66. The number of likely N-dealkylation sites (N-methyl/N-ethyl adjacent to an activating group) is 1. The van der Waals surface area contributed by atoms with Crippen LogP contribution >= 0.6 is 12.6 Å². The summed E-state index contributed by atoms with van der Waals surface area (Å²) in [6, 6.07) is 0. The van der Waals surface area contributed by atoms with E-state index in [9.17, 15) is 0 Å². The topological polar surface area (TPSA) is 6.48 Å². The zero-order chi connectivity index (χ0) is 12.6. The average Bonchev–Trinajstić information content (AvgIpc) is 2.21. The molecule has 16 heavy (non-hydrogen) atoms. The molecular weight excluding hydrogens is 216 g/mol. The van der Waals surface area contributed by atoms with Gasteiger partial charge < -0.3 is 9.80 Å². The van der Waals surface area contributed by atoms with E-state index < -0.39 is 0 Å².